The SMILES string of the molecule is CC(C)(O)CNCCOc1ccc(C(=O)O)cc1. The number of ether oxygens (including phenoxy) is 1. The minimum Gasteiger partial charge on any atom is -0.492 e. The van der Waals surface area contributed by atoms with Gasteiger partial charge in [0.2, 0.25) is 0 Å². The molecule has 1 rings (SSSR count). The van der Waals surface area contributed by atoms with Crippen LogP contribution in [0.15, 0.2) is 24.3 Å². The zero-order chi connectivity index (χ0) is 13.6. The van der Waals surface area contributed by atoms with Crippen LogP contribution in [0, 0.1) is 0 Å². The van der Waals surface area contributed by atoms with E-state index in [9.17, 15) is 9.90 Å². The molecule has 5 heteroatoms. The topological polar surface area (TPSA) is 78.8 Å². The molecule has 100 valence electrons. The first-order valence-electron chi connectivity index (χ1n) is 5.78. The highest BCUT2D eigenvalue weighted by Gasteiger charge is 2.10. The maximum Gasteiger partial charge on any atom is 0.335 e. The van der Waals surface area contributed by atoms with E-state index in [-0.39, 0.29) is 5.56 Å². The number of hydrogen-bond acceptors (Lipinski definition) is 4. The Bertz CT molecular complexity index is 381. The van der Waals surface area contributed by atoms with Gasteiger partial charge in [-0.15, -0.1) is 0 Å². The van der Waals surface area contributed by atoms with Crippen LogP contribution in [-0.2, 0) is 0 Å². The summed E-state index contributed by atoms with van der Waals surface area (Å²) in [4.78, 5) is 10.6. The molecule has 0 radical (unpaired) electrons. The van der Waals surface area contributed by atoms with Crippen molar-refractivity contribution in [1.82, 2.24) is 5.32 Å². The maximum atomic E-state index is 10.6. The molecule has 0 aliphatic carbocycles. The lowest BCUT2D eigenvalue weighted by atomic mass is 10.1. The van der Waals surface area contributed by atoms with Crippen molar-refractivity contribution in [2.24, 2.45) is 0 Å². The fourth-order valence-corrected chi connectivity index (χ4v) is 1.33. The molecule has 0 amide bonds. The number of carboxylic acids is 1. The van der Waals surface area contributed by atoms with E-state index in [1.54, 1.807) is 26.0 Å². The number of nitrogens with one attached hydrogen (secondary N) is 1. The van der Waals surface area contributed by atoms with E-state index in [2.05, 4.69) is 5.32 Å². The summed E-state index contributed by atoms with van der Waals surface area (Å²) in [6.45, 7) is 5.03. The smallest absolute Gasteiger partial charge is 0.335 e. The van der Waals surface area contributed by atoms with Crippen LogP contribution < -0.4 is 10.1 Å². The fourth-order valence-electron chi connectivity index (χ4n) is 1.33. The quantitative estimate of drug-likeness (QED) is 0.635. The monoisotopic (exact) mass is 253 g/mol. The van der Waals surface area contributed by atoms with Crippen molar-refractivity contribution in [2.75, 3.05) is 19.7 Å². The summed E-state index contributed by atoms with van der Waals surface area (Å²) in [7, 11) is 0. The average molecular weight is 253 g/mol. The van der Waals surface area contributed by atoms with Crippen molar-refractivity contribution in [3.05, 3.63) is 29.8 Å². The fraction of sp³-hybridized carbons (Fsp3) is 0.462. The van der Waals surface area contributed by atoms with Gasteiger partial charge in [-0.3, -0.25) is 0 Å². The molecule has 0 spiro atoms. The van der Waals surface area contributed by atoms with Crippen LogP contribution >= 0.6 is 0 Å². The van der Waals surface area contributed by atoms with Crippen LogP contribution in [0.3, 0.4) is 0 Å². The van der Waals surface area contributed by atoms with Crippen LogP contribution in [0.4, 0.5) is 0 Å². The van der Waals surface area contributed by atoms with Gasteiger partial charge in [0.05, 0.1) is 11.2 Å². The Kier molecular flexibility index (Phi) is 5.12. The number of benzene rings is 1. The van der Waals surface area contributed by atoms with E-state index in [1.165, 1.54) is 12.1 Å². The van der Waals surface area contributed by atoms with Crippen molar-refractivity contribution in [3.63, 3.8) is 0 Å². The summed E-state index contributed by atoms with van der Waals surface area (Å²) in [5.41, 5.74) is -0.495. The van der Waals surface area contributed by atoms with Gasteiger partial charge in [-0.05, 0) is 38.1 Å². The molecule has 0 heterocycles. The third-order valence-corrected chi connectivity index (χ3v) is 2.21. The lowest BCUT2D eigenvalue weighted by Crippen LogP contribution is -2.36. The van der Waals surface area contributed by atoms with Gasteiger partial charge in [-0.2, -0.15) is 0 Å². The number of aliphatic hydroxyl groups is 1. The summed E-state index contributed by atoms with van der Waals surface area (Å²) in [5.74, 6) is -0.321. The molecule has 18 heavy (non-hydrogen) atoms. The zero-order valence-corrected chi connectivity index (χ0v) is 10.6. The van der Waals surface area contributed by atoms with Crippen LogP contribution in [0.25, 0.3) is 0 Å². The summed E-state index contributed by atoms with van der Waals surface area (Å²) in [6, 6.07) is 6.25. The number of rotatable bonds is 7. The number of carbonyl (C=O) groups is 1. The minimum absolute atomic E-state index is 0.238. The van der Waals surface area contributed by atoms with Gasteiger partial charge in [-0.25, -0.2) is 4.79 Å². The highest BCUT2D eigenvalue weighted by Crippen LogP contribution is 2.11. The summed E-state index contributed by atoms with van der Waals surface area (Å²) in [6.07, 6.45) is 0. The van der Waals surface area contributed by atoms with Crippen LogP contribution in [0.1, 0.15) is 24.2 Å². The molecule has 0 saturated heterocycles. The Morgan fingerprint density at radius 2 is 1.94 bits per heavy atom. The summed E-state index contributed by atoms with van der Waals surface area (Å²) in [5, 5.41) is 21.2. The number of hydrogen-bond donors (Lipinski definition) is 3. The second-order valence-electron chi connectivity index (χ2n) is 4.67. The van der Waals surface area contributed by atoms with Crippen molar-refractivity contribution < 1.29 is 19.7 Å². The molecule has 1 aromatic carbocycles. The third-order valence-electron chi connectivity index (χ3n) is 2.21. The molecular weight excluding hydrogens is 234 g/mol. The largest absolute Gasteiger partial charge is 0.492 e. The molecule has 0 atom stereocenters. The van der Waals surface area contributed by atoms with E-state index in [4.69, 9.17) is 9.84 Å². The van der Waals surface area contributed by atoms with Crippen LogP contribution in [0.2, 0.25) is 0 Å². The molecule has 5 nitrogen and oxygen atoms in total. The Morgan fingerprint density at radius 1 is 1.33 bits per heavy atom. The lowest BCUT2D eigenvalue weighted by Gasteiger charge is -2.17. The third kappa shape index (κ3) is 5.65. The van der Waals surface area contributed by atoms with E-state index in [1.807, 2.05) is 0 Å². The van der Waals surface area contributed by atoms with Crippen molar-refractivity contribution in [2.45, 2.75) is 19.4 Å². The number of aromatic carboxylic acids is 1. The summed E-state index contributed by atoms with van der Waals surface area (Å²) < 4.78 is 5.42. The first-order valence-corrected chi connectivity index (χ1v) is 5.78. The lowest BCUT2D eigenvalue weighted by molar-refractivity contribution is 0.0696. The highest BCUT2D eigenvalue weighted by atomic mass is 16.5. The Labute approximate surface area is 106 Å². The predicted octanol–water partition coefficient (Wildman–Crippen LogP) is 1.12. The maximum absolute atomic E-state index is 10.6. The molecular formula is C13H19NO4. The van der Waals surface area contributed by atoms with E-state index in [0.717, 1.165) is 0 Å². The molecule has 0 fully saturated rings. The predicted molar refractivity (Wildman–Crippen MR) is 68.1 cm³/mol. The van der Waals surface area contributed by atoms with E-state index in [0.29, 0.717) is 25.4 Å². The van der Waals surface area contributed by atoms with E-state index >= 15 is 0 Å². The zero-order valence-electron chi connectivity index (χ0n) is 10.6. The summed E-state index contributed by atoms with van der Waals surface area (Å²) >= 11 is 0. The van der Waals surface area contributed by atoms with Gasteiger partial charge < -0.3 is 20.3 Å². The first-order chi connectivity index (χ1) is 8.38. The van der Waals surface area contributed by atoms with Gasteiger partial charge in [-0.1, -0.05) is 0 Å². The Hall–Kier alpha value is -1.59. The molecule has 0 bridgehead atoms. The highest BCUT2D eigenvalue weighted by molar-refractivity contribution is 5.87. The second-order valence-corrected chi connectivity index (χ2v) is 4.67. The van der Waals surface area contributed by atoms with Gasteiger partial charge in [0.1, 0.15) is 12.4 Å². The van der Waals surface area contributed by atoms with Crippen molar-refractivity contribution in [3.8, 4) is 5.75 Å². The van der Waals surface area contributed by atoms with Crippen molar-refractivity contribution in [1.29, 1.82) is 0 Å². The normalized spacial score (nSPS) is 11.3. The van der Waals surface area contributed by atoms with Crippen LogP contribution in [0.5, 0.6) is 5.75 Å². The molecule has 0 aliphatic heterocycles. The Morgan fingerprint density at radius 3 is 2.44 bits per heavy atom. The van der Waals surface area contributed by atoms with Crippen LogP contribution in [-0.4, -0.2) is 41.5 Å². The van der Waals surface area contributed by atoms with Gasteiger partial charge in [0.25, 0.3) is 0 Å². The van der Waals surface area contributed by atoms with E-state index < -0.39 is 11.6 Å². The van der Waals surface area contributed by atoms with Gasteiger partial charge in [0, 0.05) is 13.1 Å². The first kappa shape index (κ1) is 14.5. The standard InChI is InChI=1S/C13H19NO4/c1-13(2,17)9-14-7-8-18-11-5-3-10(4-6-11)12(15)16/h3-6,14,17H,7-9H2,1-2H3,(H,15,16). The minimum atomic E-state index is -0.951. The molecule has 0 unspecified atom stereocenters. The molecule has 0 aliphatic rings. The molecule has 0 aromatic heterocycles. The van der Waals surface area contributed by atoms with Gasteiger partial charge in [0.15, 0.2) is 0 Å². The average Bonchev–Trinajstić information content (AvgIpc) is 2.27. The molecule has 3 N–H and O–H groups in total. The van der Waals surface area contributed by atoms with Gasteiger partial charge >= 0.3 is 5.97 Å². The molecule has 1 aromatic rings. The second kappa shape index (κ2) is 6.37. The molecule has 0 saturated carbocycles. The Balaban J connectivity index is 2.25. The number of carboxylic acid groups (broad SMARTS) is 1. The van der Waals surface area contributed by atoms with Crippen molar-refractivity contribution >= 4 is 5.97 Å².